The largest absolute Gasteiger partial charge is 0.228 e. The molecule has 0 aliphatic carbocycles. The molecule has 0 bridgehead atoms. The van der Waals surface area contributed by atoms with Crippen molar-refractivity contribution < 1.29 is 0 Å². The minimum absolute atomic E-state index is 0.707. The molecule has 24 heavy (non-hydrogen) atoms. The summed E-state index contributed by atoms with van der Waals surface area (Å²) in [6, 6.07) is 26.0. The first-order valence-electron chi connectivity index (χ1n) is 7.55. The summed E-state index contributed by atoms with van der Waals surface area (Å²) in [7, 11) is 0. The molecule has 4 heteroatoms. The molecule has 0 N–H and O–H groups in total. The predicted octanol–water partition coefficient (Wildman–Crippen LogP) is 6.10. The van der Waals surface area contributed by atoms with Crippen LogP contribution in [0.5, 0.6) is 0 Å². The summed E-state index contributed by atoms with van der Waals surface area (Å²) in [6.07, 6.45) is 0. The molecule has 1 aromatic heterocycles. The average molecular weight is 349 g/mol. The van der Waals surface area contributed by atoms with Crippen LogP contribution in [0.2, 0.25) is 5.02 Å². The summed E-state index contributed by atoms with van der Waals surface area (Å²) >= 11 is 7.64. The summed E-state index contributed by atoms with van der Waals surface area (Å²) < 4.78 is 0. The summed E-state index contributed by atoms with van der Waals surface area (Å²) in [5.41, 5.74) is 1.90. The molecule has 116 valence electrons. The Labute approximate surface area is 149 Å². The number of benzene rings is 3. The first-order valence-corrected chi connectivity index (χ1v) is 8.75. The van der Waals surface area contributed by atoms with E-state index < -0.39 is 0 Å². The maximum atomic E-state index is 5.99. The Morgan fingerprint density at radius 3 is 2.21 bits per heavy atom. The summed E-state index contributed by atoms with van der Waals surface area (Å²) in [5, 5.41) is 2.72. The zero-order valence-corrected chi connectivity index (χ0v) is 14.3. The van der Waals surface area contributed by atoms with Gasteiger partial charge in [0.25, 0.3) is 0 Å². The molecule has 2 nitrogen and oxygen atoms in total. The lowest BCUT2D eigenvalue weighted by Crippen LogP contribution is -1.93. The third kappa shape index (κ3) is 3.14. The topological polar surface area (TPSA) is 25.8 Å². The van der Waals surface area contributed by atoms with Crippen LogP contribution in [0.15, 0.2) is 88.8 Å². The van der Waals surface area contributed by atoms with E-state index in [2.05, 4.69) is 18.2 Å². The Balaban J connectivity index is 1.86. The molecule has 0 saturated heterocycles. The maximum absolute atomic E-state index is 5.99. The van der Waals surface area contributed by atoms with Crippen molar-refractivity contribution in [3.63, 3.8) is 0 Å². The van der Waals surface area contributed by atoms with Crippen LogP contribution < -0.4 is 0 Å². The number of aromatic nitrogens is 2. The summed E-state index contributed by atoms with van der Waals surface area (Å²) in [5.74, 6) is 0.712. The lowest BCUT2D eigenvalue weighted by molar-refractivity contribution is 1.11. The first-order chi connectivity index (χ1) is 11.8. The lowest BCUT2D eigenvalue weighted by atomic mass is 10.2. The van der Waals surface area contributed by atoms with Gasteiger partial charge in [-0.25, -0.2) is 9.97 Å². The van der Waals surface area contributed by atoms with Crippen molar-refractivity contribution in [1.82, 2.24) is 9.97 Å². The van der Waals surface area contributed by atoms with E-state index in [1.165, 1.54) is 0 Å². The van der Waals surface area contributed by atoms with Crippen LogP contribution in [0.25, 0.3) is 22.3 Å². The number of fused-ring (bicyclic) bond motifs is 1. The molecule has 0 aliphatic heterocycles. The van der Waals surface area contributed by atoms with Gasteiger partial charge in [-0.05, 0) is 42.5 Å². The summed E-state index contributed by atoms with van der Waals surface area (Å²) in [6.45, 7) is 0. The molecule has 0 radical (unpaired) electrons. The van der Waals surface area contributed by atoms with Crippen LogP contribution in [0.3, 0.4) is 0 Å². The van der Waals surface area contributed by atoms with Crippen LogP contribution in [0.4, 0.5) is 0 Å². The second-order valence-corrected chi connectivity index (χ2v) is 6.79. The van der Waals surface area contributed by atoms with E-state index in [-0.39, 0.29) is 0 Å². The highest BCUT2D eigenvalue weighted by atomic mass is 35.5. The van der Waals surface area contributed by atoms with Gasteiger partial charge >= 0.3 is 0 Å². The van der Waals surface area contributed by atoms with Crippen molar-refractivity contribution in [2.75, 3.05) is 0 Å². The number of halogens is 1. The Morgan fingerprint density at radius 1 is 0.708 bits per heavy atom. The van der Waals surface area contributed by atoms with E-state index in [4.69, 9.17) is 21.6 Å². The van der Waals surface area contributed by atoms with Gasteiger partial charge in [0.1, 0.15) is 5.03 Å². The van der Waals surface area contributed by atoms with E-state index >= 15 is 0 Å². The molecule has 0 atom stereocenters. The third-order valence-electron chi connectivity index (χ3n) is 3.63. The van der Waals surface area contributed by atoms with E-state index in [0.717, 1.165) is 26.4 Å². The monoisotopic (exact) mass is 348 g/mol. The van der Waals surface area contributed by atoms with Gasteiger partial charge in [0.05, 0.1) is 5.52 Å². The van der Waals surface area contributed by atoms with Crippen molar-refractivity contribution in [3.8, 4) is 11.4 Å². The summed E-state index contributed by atoms with van der Waals surface area (Å²) in [4.78, 5) is 10.7. The average Bonchev–Trinajstić information content (AvgIpc) is 2.63. The first kappa shape index (κ1) is 15.2. The zero-order valence-electron chi connectivity index (χ0n) is 12.7. The second kappa shape index (κ2) is 6.63. The molecule has 0 spiro atoms. The normalized spacial score (nSPS) is 10.9. The Kier molecular flexibility index (Phi) is 4.20. The van der Waals surface area contributed by atoms with Gasteiger partial charge in [-0.1, -0.05) is 59.8 Å². The molecule has 0 aliphatic rings. The Hall–Kier alpha value is -2.36. The Bertz CT molecular complexity index is 985. The fourth-order valence-electron chi connectivity index (χ4n) is 2.45. The maximum Gasteiger partial charge on any atom is 0.161 e. The smallest absolute Gasteiger partial charge is 0.161 e. The number of nitrogens with zero attached hydrogens (tertiary/aromatic N) is 2. The van der Waals surface area contributed by atoms with E-state index in [0.29, 0.717) is 10.8 Å². The number of para-hydroxylation sites is 1. The van der Waals surface area contributed by atoms with Crippen LogP contribution in [0, 0.1) is 0 Å². The lowest BCUT2D eigenvalue weighted by Gasteiger charge is -2.08. The fourth-order valence-corrected chi connectivity index (χ4v) is 3.51. The van der Waals surface area contributed by atoms with E-state index in [9.17, 15) is 0 Å². The quantitative estimate of drug-likeness (QED) is 0.418. The van der Waals surface area contributed by atoms with E-state index in [1.54, 1.807) is 11.8 Å². The van der Waals surface area contributed by atoms with E-state index in [1.807, 2.05) is 60.7 Å². The molecule has 4 rings (SSSR count). The van der Waals surface area contributed by atoms with Gasteiger partial charge < -0.3 is 0 Å². The van der Waals surface area contributed by atoms with Gasteiger partial charge in [0, 0.05) is 20.9 Å². The molecule has 1 heterocycles. The molecule has 0 saturated carbocycles. The number of rotatable bonds is 3. The molecular weight excluding hydrogens is 336 g/mol. The van der Waals surface area contributed by atoms with Gasteiger partial charge in [-0.15, -0.1) is 0 Å². The van der Waals surface area contributed by atoms with Crippen LogP contribution in [0.1, 0.15) is 0 Å². The molecule has 0 amide bonds. The number of hydrogen-bond donors (Lipinski definition) is 0. The predicted molar refractivity (Wildman–Crippen MR) is 101 cm³/mol. The van der Waals surface area contributed by atoms with Crippen molar-refractivity contribution in [1.29, 1.82) is 0 Å². The molecule has 3 aromatic carbocycles. The highest BCUT2D eigenvalue weighted by Gasteiger charge is 2.10. The second-order valence-electron chi connectivity index (χ2n) is 5.29. The molecule has 4 aromatic rings. The van der Waals surface area contributed by atoms with Crippen LogP contribution in [-0.2, 0) is 0 Å². The van der Waals surface area contributed by atoms with Crippen LogP contribution >= 0.6 is 23.4 Å². The fraction of sp³-hybridized carbons (Fsp3) is 0. The highest BCUT2D eigenvalue weighted by molar-refractivity contribution is 7.99. The highest BCUT2D eigenvalue weighted by Crippen LogP contribution is 2.33. The SMILES string of the molecule is Clc1ccc(-c2nc(Sc3ccccc3)c3ccccc3n2)cc1. The van der Waals surface area contributed by atoms with Gasteiger partial charge in [0.2, 0.25) is 0 Å². The van der Waals surface area contributed by atoms with Crippen molar-refractivity contribution >= 4 is 34.3 Å². The minimum Gasteiger partial charge on any atom is -0.228 e. The standard InChI is InChI=1S/C20H13ClN2S/c21-15-12-10-14(11-13-15)19-22-18-9-5-4-8-17(18)20(23-19)24-16-6-2-1-3-7-16/h1-13H. The van der Waals surface area contributed by atoms with Crippen molar-refractivity contribution in [2.45, 2.75) is 9.92 Å². The zero-order chi connectivity index (χ0) is 16.4. The minimum atomic E-state index is 0.707. The number of hydrogen-bond acceptors (Lipinski definition) is 3. The van der Waals surface area contributed by atoms with Gasteiger partial charge in [-0.2, -0.15) is 0 Å². The van der Waals surface area contributed by atoms with Gasteiger partial charge in [-0.3, -0.25) is 0 Å². The Morgan fingerprint density at radius 2 is 1.42 bits per heavy atom. The third-order valence-corrected chi connectivity index (χ3v) is 4.89. The molecule has 0 fully saturated rings. The van der Waals surface area contributed by atoms with Gasteiger partial charge in [0.15, 0.2) is 5.82 Å². The van der Waals surface area contributed by atoms with Crippen molar-refractivity contribution in [3.05, 3.63) is 83.9 Å². The molecular formula is C20H13ClN2S. The van der Waals surface area contributed by atoms with Crippen LogP contribution in [-0.4, -0.2) is 9.97 Å². The molecule has 0 unspecified atom stereocenters. The van der Waals surface area contributed by atoms with Crippen molar-refractivity contribution in [2.24, 2.45) is 0 Å².